The predicted octanol–water partition coefficient (Wildman–Crippen LogP) is 7.47. The van der Waals surface area contributed by atoms with Crippen LogP contribution in [0.1, 0.15) is 0 Å². The molecule has 1 spiro atoms. The van der Waals surface area contributed by atoms with Crippen LogP contribution in [0, 0.1) is 0 Å². The highest BCUT2D eigenvalue weighted by Crippen LogP contribution is 2.43. The predicted molar refractivity (Wildman–Crippen MR) is 216 cm³/mol. The van der Waals surface area contributed by atoms with E-state index in [-0.39, 0.29) is 6.71 Å². The maximum atomic E-state index is 2.71. The van der Waals surface area contributed by atoms with E-state index in [4.69, 9.17) is 0 Å². The van der Waals surface area contributed by atoms with E-state index < -0.39 is 8.07 Å². The first-order chi connectivity index (χ1) is 24.8. The zero-order chi connectivity index (χ0) is 32.8. The minimum Gasteiger partial charge on any atom is -0.308 e. The molecule has 0 N–H and O–H groups in total. The number of rotatable bonds is 3. The number of benzene rings is 7. The van der Waals surface area contributed by atoms with E-state index in [1.807, 2.05) is 0 Å². The Kier molecular flexibility index (Phi) is 5.81. The van der Waals surface area contributed by atoms with Gasteiger partial charge in [0.2, 0.25) is 6.71 Å². The zero-order valence-corrected chi connectivity index (χ0v) is 28.4. The number of hydrogen-bond donors (Lipinski definition) is 0. The molecule has 232 valence electrons. The molecule has 0 saturated heterocycles. The molecule has 0 bridgehead atoms. The molecule has 9 aromatic rings. The highest BCUT2D eigenvalue weighted by atomic mass is 28.3. The molecule has 0 aliphatic carbocycles. The van der Waals surface area contributed by atoms with Crippen molar-refractivity contribution in [2.24, 2.45) is 0 Å². The van der Waals surface area contributed by atoms with Gasteiger partial charge in [-0.2, -0.15) is 0 Å². The summed E-state index contributed by atoms with van der Waals surface area (Å²) in [5.74, 6) is 0. The monoisotopic (exact) mass is 650 g/mol. The van der Waals surface area contributed by atoms with E-state index in [1.54, 1.807) is 0 Å². The van der Waals surface area contributed by atoms with Crippen LogP contribution in [0.15, 0.2) is 187 Å². The lowest BCUT2D eigenvalue weighted by Crippen LogP contribution is -2.77. The van der Waals surface area contributed by atoms with Crippen molar-refractivity contribution in [3.05, 3.63) is 187 Å². The molecular formula is C46H31BN2Si. The highest BCUT2D eigenvalue weighted by molar-refractivity contribution is 7.20. The Morgan fingerprint density at radius 3 is 1.10 bits per heavy atom. The van der Waals surface area contributed by atoms with Crippen LogP contribution < -0.4 is 26.8 Å². The lowest BCUT2D eigenvalue weighted by Gasteiger charge is -2.37. The van der Waals surface area contributed by atoms with Gasteiger partial charge in [0.1, 0.15) is 0 Å². The van der Waals surface area contributed by atoms with Crippen molar-refractivity contribution in [3.8, 4) is 0 Å². The number of fused-ring (bicyclic) bond motifs is 10. The summed E-state index contributed by atoms with van der Waals surface area (Å²) in [4.78, 5) is 0. The molecule has 0 saturated carbocycles. The normalized spacial score (nSPS) is 14.8. The number of nitrogens with zero attached hydrogens (tertiary/aromatic N) is 2. The fraction of sp³-hybridized carbons (Fsp3) is 0. The van der Waals surface area contributed by atoms with Gasteiger partial charge >= 0.3 is 0 Å². The number of hydrogen-bond acceptors (Lipinski definition) is 0. The van der Waals surface area contributed by atoms with Crippen LogP contribution >= 0.6 is 0 Å². The van der Waals surface area contributed by atoms with Crippen LogP contribution in [0.5, 0.6) is 0 Å². The van der Waals surface area contributed by atoms with Crippen LogP contribution in [0.25, 0.3) is 55.0 Å². The lowest BCUT2D eigenvalue weighted by molar-refractivity contribution is 1.17. The second-order valence-corrected chi connectivity index (χ2v) is 17.1. The molecule has 2 nitrogen and oxygen atoms in total. The first kappa shape index (κ1) is 27.8. The van der Waals surface area contributed by atoms with Crippen molar-refractivity contribution in [1.82, 2.24) is 9.13 Å². The third kappa shape index (κ3) is 3.69. The third-order valence-electron chi connectivity index (χ3n) is 11.2. The van der Waals surface area contributed by atoms with Crippen LogP contribution in [-0.2, 0) is 0 Å². The second-order valence-electron chi connectivity index (χ2n) is 13.7. The minimum atomic E-state index is -2.69. The molecule has 0 radical (unpaired) electrons. The Morgan fingerprint density at radius 1 is 0.340 bits per heavy atom. The topological polar surface area (TPSA) is 9.86 Å². The van der Waals surface area contributed by atoms with Gasteiger partial charge in [0.05, 0.1) is 33.5 Å². The molecule has 0 amide bonds. The second kappa shape index (κ2) is 10.4. The summed E-state index contributed by atoms with van der Waals surface area (Å²) in [6.07, 6.45) is 0. The number of allylic oxidation sites excluding steroid dienone is 2. The van der Waals surface area contributed by atoms with Gasteiger partial charge in [0.25, 0.3) is 0 Å². The van der Waals surface area contributed by atoms with Gasteiger partial charge in [-0.3, -0.25) is 0 Å². The summed E-state index contributed by atoms with van der Waals surface area (Å²) < 4.78 is 5.10. The SMILES string of the molecule is C1=C(n2c3ccccc3c3ccccc32)C(n2c3ccccc3c3ccccc32)=C[Si]12c1ccccc1B(c1ccccc1)c1ccccc12. The van der Waals surface area contributed by atoms with Gasteiger partial charge < -0.3 is 9.13 Å². The fourth-order valence-electron chi connectivity index (χ4n) is 9.22. The van der Waals surface area contributed by atoms with Gasteiger partial charge in [-0.15, -0.1) is 0 Å². The Bertz CT molecular complexity index is 2610. The molecule has 2 aromatic heterocycles. The quantitative estimate of drug-likeness (QED) is 0.176. The Hall–Kier alpha value is -6.10. The average molecular weight is 651 g/mol. The highest BCUT2D eigenvalue weighted by Gasteiger charge is 2.48. The molecule has 0 fully saturated rings. The summed E-state index contributed by atoms with van der Waals surface area (Å²) in [6.45, 7) is 0.178. The third-order valence-corrected chi connectivity index (χ3v) is 15.4. The first-order valence-corrected chi connectivity index (χ1v) is 19.6. The van der Waals surface area contributed by atoms with Crippen LogP contribution in [0.3, 0.4) is 0 Å². The van der Waals surface area contributed by atoms with E-state index in [9.17, 15) is 0 Å². The number of aromatic nitrogens is 2. The fourth-order valence-corrected chi connectivity index (χ4v) is 13.8. The summed E-state index contributed by atoms with van der Waals surface area (Å²) in [6, 6.07) is 65.3. The van der Waals surface area contributed by atoms with Crippen LogP contribution in [0.4, 0.5) is 0 Å². The molecule has 50 heavy (non-hydrogen) atoms. The summed E-state index contributed by atoms with van der Waals surface area (Å²) in [5, 5.41) is 8.07. The van der Waals surface area contributed by atoms with Crippen LogP contribution in [-0.4, -0.2) is 23.9 Å². The van der Waals surface area contributed by atoms with Crippen molar-refractivity contribution in [1.29, 1.82) is 0 Å². The van der Waals surface area contributed by atoms with Gasteiger partial charge in [0, 0.05) is 21.5 Å². The first-order valence-electron chi connectivity index (χ1n) is 17.5. The van der Waals surface area contributed by atoms with Crippen molar-refractivity contribution in [2.45, 2.75) is 0 Å². The zero-order valence-electron chi connectivity index (χ0n) is 27.4. The molecule has 0 atom stereocenters. The van der Waals surface area contributed by atoms with Gasteiger partial charge in [-0.1, -0.05) is 190 Å². The Labute approximate surface area is 291 Å². The smallest absolute Gasteiger partial charge is 0.240 e. The molecule has 11 rings (SSSR count). The summed E-state index contributed by atoms with van der Waals surface area (Å²) in [7, 11) is -2.69. The van der Waals surface area contributed by atoms with Gasteiger partial charge in [-0.05, 0) is 24.3 Å². The van der Waals surface area contributed by atoms with E-state index in [0.717, 1.165) is 0 Å². The standard InChI is InChI=1S/C46H31BN2Si/c1-2-16-32(17-3-1)47-37-22-8-14-28-45(37)50(46-29-15-9-23-38(46)47)30-43(48-39-24-10-4-18-33(39)34-19-5-11-25-40(34)48)44(31-50)49-41-26-12-6-20-35(41)36-21-7-13-27-42(36)49/h1-31H. The van der Waals surface area contributed by atoms with E-state index in [0.29, 0.717) is 0 Å². The molecular weight excluding hydrogens is 619 g/mol. The van der Waals surface area contributed by atoms with E-state index in [1.165, 1.54) is 81.8 Å². The Balaban J connectivity index is 1.31. The van der Waals surface area contributed by atoms with Crippen molar-refractivity contribution in [3.63, 3.8) is 0 Å². The largest absolute Gasteiger partial charge is 0.308 e. The minimum absolute atomic E-state index is 0.178. The molecule has 2 aliphatic heterocycles. The van der Waals surface area contributed by atoms with E-state index in [2.05, 4.69) is 196 Å². The van der Waals surface area contributed by atoms with Crippen molar-refractivity contribution in [2.75, 3.05) is 0 Å². The maximum absolute atomic E-state index is 2.71. The van der Waals surface area contributed by atoms with Crippen LogP contribution in [0.2, 0.25) is 0 Å². The molecule has 4 heterocycles. The Morgan fingerprint density at radius 2 is 0.680 bits per heavy atom. The molecule has 4 heteroatoms. The lowest BCUT2D eigenvalue weighted by atomic mass is 9.36. The molecule has 7 aromatic carbocycles. The summed E-state index contributed by atoms with van der Waals surface area (Å²) >= 11 is 0. The average Bonchev–Trinajstić information content (AvgIpc) is 3.84. The van der Waals surface area contributed by atoms with Gasteiger partial charge in [0.15, 0.2) is 8.07 Å². The summed E-state index contributed by atoms with van der Waals surface area (Å²) in [5.41, 5.74) is 17.0. The van der Waals surface area contributed by atoms with E-state index >= 15 is 0 Å². The van der Waals surface area contributed by atoms with Crippen molar-refractivity contribution >= 4 is 96.6 Å². The maximum Gasteiger partial charge on any atom is 0.240 e. The van der Waals surface area contributed by atoms with Crippen molar-refractivity contribution < 1.29 is 0 Å². The molecule has 0 unspecified atom stereocenters. The number of para-hydroxylation sites is 4. The molecule has 2 aliphatic rings. The van der Waals surface area contributed by atoms with Gasteiger partial charge in [-0.25, -0.2) is 0 Å².